The second kappa shape index (κ2) is 6.66. The van der Waals surface area contributed by atoms with Crippen LogP contribution >= 0.6 is 0 Å². The molecule has 2 aromatic carbocycles. The third-order valence-electron chi connectivity index (χ3n) is 3.08. The van der Waals surface area contributed by atoms with Gasteiger partial charge in [0.25, 0.3) is 11.6 Å². The Kier molecular flexibility index (Phi) is 4.67. The van der Waals surface area contributed by atoms with Crippen molar-refractivity contribution in [1.82, 2.24) is 5.32 Å². The molecule has 2 rings (SSSR count). The van der Waals surface area contributed by atoms with Gasteiger partial charge < -0.3 is 10.6 Å². The van der Waals surface area contributed by atoms with Gasteiger partial charge in [-0.25, -0.2) is 4.39 Å². The van der Waals surface area contributed by atoms with Crippen LogP contribution in [0.5, 0.6) is 0 Å². The van der Waals surface area contributed by atoms with Crippen LogP contribution in [0.2, 0.25) is 0 Å². The average Bonchev–Trinajstić information content (AvgIpc) is 2.52. The zero-order valence-electron chi connectivity index (χ0n) is 11.8. The van der Waals surface area contributed by atoms with Crippen LogP contribution in [0.15, 0.2) is 42.5 Å². The number of hydrogen-bond acceptors (Lipinski definition) is 4. The molecule has 2 N–H and O–H groups in total. The summed E-state index contributed by atoms with van der Waals surface area (Å²) in [4.78, 5) is 22.1. The fourth-order valence-corrected chi connectivity index (χ4v) is 1.91. The van der Waals surface area contributed by atoms with Gasteiger partial charge in [-0.1, -0.05) is 12.1 Å². The van der Waals surface area contributed by atoms with Gasteiger partial charge in [-0.3, -0.25) is 14.9 Å². The minimum atomic E-state index is -0.636. The van der Waals surface area contributed by atoms with E-state index in [0.29, 0.717) is 11.3 Å². The number of carbonyl (C=O) groups excluding carboxylic acids is 1. The Morgan fingerprint density at radius 3 is 2.68 bits per heavy atom. The fraction of sp³-hybridized carbons (Fsp3) is 0.133. The number of carbonyl (C=O) groups is 1. The Bertz CT molecular complexity index is 719. The van der Waals surface area contributed by atoms with E-state index < -0.39 is 16.6 Å². The molecule has 0 bridgehead atoms. The second-order valence-corrected chi connectivity index (χ2v) is 4.55. The molecule has 0 fully saturated rings. The van der Waals surface area contributed by atoms with Gasteiger partial charge in [-0.15, -0.1) is 0 Å². The highest BCUT2D eigenvalue weighted by Crippen LogP contribution is 2.15. The molecule has 0 aliphatic rings. The normalized spacial score (nSPS) is 10.1. The van der Waals surface area contributed by atoms with Gasteiger partial charge >= 0.3 is 0 Å². The molecular weight excluding hydrogens is 289 g/mol. The molecule has 7 heteroatoms. The Morgan fingerprint density at radius 1 is 1.27 bits per heavy atom. The molecule has 0 atom stereocenters. The quantitative estimate of drug-likeness (QED) is 0.657. The number of nitrogens with one attached hydrogen (secondary N) is 2. The minimum absolute atomic E-state index is 0.0590. The van der Waals surface area contributed by atoms with Gasteiger partial charge in [0, 0.05) is 31.4 Å². The van der Waals surface area contributed by atoms with Crippen molar-refractivity contribution in [3.05, 3.63) is 69.5 Å². The lowest BCUT2D eigenvalue weighted by molar-refractivity contribution is -0.384. The second-order valence-electron chi connectivity index (χ2n) is 4.55. The molecule has 1 amide bonds. The SMILES string of the molecule is CNc1ccc(C(=O)NCc2cccc([N+](=O)[O-])c2)c(F)c1. The lowest BCUT2D eigenvalue weighted by Crippen LogP contribution is -2.23. The molecule has 22 heavy (non-hydrogen) atoms. The number of amides is 1. The summed E-state index contributed by atoms with van der Waals surface area (Å²) in [6.45, 7) is 0.0771. The van der Waals surface area contributed by atoms with E-state index in [-0.39, 0.29) is 17.8 Å². The zero-order chi connectivity index (χ0) is 16.1. The molecule has 0 aliphatic carbocycles. The molecule has 0 saturated carbocycles. The molecule has 2 aromatic rings. The molecule has 0 heterocycles. The van der Waals surface area contributed by atoms with Crippen molar-refractivity contribution >= 4 is 17.3 Å². The number of hydrogen-bond donors (Lipinski definition) is 2. The van der Waals surface area contributed by atoms with Gasteiger partial charge in [0.05, 0.1) is 10.5 Å². The summed E-state index contributed by atoms with van der Waals surface area (Å²) in [6, 6.07) is 10.1. The van der Waals surface area contributed by atoms with Crippen LogP contribution in [0.25, 0.3) is 0 Å². The number of benzene rings is 2. The number of halogens is 1. The summed E-state index contributed by atoms with van der Waals surface area (Å²) >= 11 is 0. The predicted octanol–water partition coefficient (Wildman–Crippen LogP) is 2.71. The number of anilines is 1. The lowest BCUT2D eigenvalue weighted by atomic mass is 10.1. The van der Waals surface area contributed by atoms with E-state index in [2.05, 4.69) is 10.6 Å². The highest BCUT2D eigenvalue weighted by atomic mass is 19.1. The Labute approximate surface area is 126 Å². The number of non-ortho nitro benzene ring substituents is 1. The molecule has 0 aromatic heterocycles. The first-order chi connectivity index (χ1) is 10.5. The summed E-state index contributed by atoms with van der Waals surface area (Å²) in [5.41, 5.74) is 0.989. The van der Waals surface area contributed by atoms with Crippen LogP contribution < -0.4 is 10.6 Å². The summed E-state index contributed by atoms with van der Waals surface area (Å²) in [5.74, 6) is -1.21. The molecule has 0 saturated heterocycles. The van der Waals surface area contributed by atoms with Crippen molar-refractivity contribution < 1.29 is 14.1 Å². The van der Waals surface area contributed by atoms with Crippen LogP contribution in [0, 0.1) is 15.9 Å². The van der Waals surface area contributed by atoms with E-state index in [1.165, 1.54) is 30.3 Å². The van der Waals surface area contributed by atoms with Crippen LogP contribution in [-0.4, -0.2) is 17.9 Å². The Balaban J connectivity index is 2.07. The van der Waals surface area contributed by atoms with E-state index in [9.17, 15) is 19.3 Å². The van der Waals surface area contributed by atoms with Crippen molar-refractivity contribution in [1.29, 1.82) is 0 Å². The molecule has 114 valence electrons. The highest BCUT2D eigenvalue weighted by Gasteiger charge is 2.12. The fourth-order valence-electron chi connectivity index (χ4n) is 1.91. The summed E-state index contributed by atoms with van der Waals surface area (Å²) in [7, 11) is 1.65. The minimum Gasteiger partial charge on any atom is -0.388 e. The maximum absolute atomic E-state index is 13.8. The first kappa shape index (κ1) is 15.4. The van der Waals surface area contributed by atoms with Crippen molar-refractivity contribution in [2.24, 2.45) is 0 Å². The molecule has 0 unspecified atom stereocenters. The average molecular weight is 303 g/mol. The summed E-state index contributed by atoms with van der Waals surface area (Å²) in [5, 5.41) is 16.0. The van der Waals surface area contributed by atoms with Crippen LogP contribution in [0.4, 0.5) is 15.8 Å². The maximum atomic E-state index is 13.8. The highest BCUT2D eigenvalue weighted by molar-refractivity contribution is 5.94. The molecule has 0 radical (unpaired) electrons. The van der Waals surface area contributed by atoms with Gasteiger partial charge in [0.15, 0.2) is 0 Å². The van der Waals surface area contributed by atoms with Crippen molar-refractivity contribution in [3.63, 3.8) is 0 Å². The van der Waals surface area contributed by atoms with Crippen LogP contribution in [0.1, 0.15) is 15.9 Å². The first-order valence-corrected chi connectivity index (χ1v) is 6.50. The number of nitrogens with zero attached hydrogens (tertiary/aromatic N) is 1. The monoisotopic (exact) mass is 303 g/mol. The number of rotatable bonds is 5. The summed E-state index contributed by atoms with van der Waals surface area (Å²) in [6.07, 6.45) is 0. The Morgan fingerprint density at radius 2 is 2.05 bits per heavy atom. The van der Waals surface area contributed by atoms with Crippen LogP contribution in [-0.2, 0) is 6.54 Å². The molecular formula is C15H14FN3O3. The van der Waals surface area contributed by atoms with Crippen molar-refractivity contribution in [3.8, 4) is 0 Å². The predicted molar refractivity (Wildman–Crippen MR) is 80.2 cm³/mol. The topological polar surface area (TPSA) is 84.3 Å². The number of nitro benzene ring substituents is 1. The third kappa shape index (κ3) is 3.57. The van der Waals surface area contributed by atoms with E-state index in [4.69, 9.17) is 0 Å². The third-order valence-corrected chi connectivity index (χ3v) is 3.08. The lowest BCUT2D eigenvalue weighted by Gasteiger charge is -2.08. The number of nitro groups is 1. The zero-order valence-corrected chi connectivity index (χ0v) is 11.8. The smallest absolute Gasteiger partial charge is 0.269 e. The van der Waals surface area contributed by atoms with E-state index in [1.54, 1.807) is 19.2 Å². The van der Waals surface area contributed by atoms with Gasteiger partial charge in [-0.05, 0) is 23.8 Å². The molecule has 6 nitrogen and oxygen atoms in total. The standard InChI is InChI=1S/C15H14FN3O3/c1-17-11-5-6-13(14(16)8-11)15(20)18-9-10-3-2-4-12(7-10)19(21)22/h2-8,17H,9H2,1H3,(H,18,20). The van der Waals surface area contributed by atoms with Gasteiger partial charge in [0.1, 0.15) is 5.82 Å². The summed E-state index contributed by atoms with van der Waals surface area (Å²) < 4.78 is 13.8. The van der Waals surface area contributed by atoms with E-state index >= 15 is 0 Å². The molecule has 0 aliphatic heterocycles. The van der Waals surface area contributed by atoms with E-state index in [0.717, 1.165) is 0 Å². The van der Waals surface area contributed by atoms with Crippen molar-refractivity contribution in [2.75, 3.05) is 12.4 Å². The Hall–Kier alpha value is -2.96. The van der Waals surface area contributed by atoms with Gasteiger partial charge in [-0.2, -0.15) is 0 Å². The maximum Gasteiger partial charge on any atom is 0.269 e. The first-order valence-electron chi connectivity index (χ1n) is 6.50. The van der Waals surface area contributed by atoms with Crippen molar-refractivity contribution in [2.45, 2.75) is 6.54 Å². The van der Waals surface area contributed by atoms with Gasteiger partial charge in [0.2, 0.25) is 0 Å². The largest absolute Gasteiger partial charge is 0.388 e. The van der Waals surface area contributed by atoms with Crippen LogP contribution in [0.3, 0.4) is 0 Å². The molecule has 0 spiro atoms. The van der Waals surface area contributed by atoms with E-state index in [1.807, 2.05) is 0 Å².